The van der Waals surface area contributed by atoms with Gasteiger partial charge in [0.25, 0.3) is 0 Å². The topological polar surface area (TPSA) is 100 Å². The number of fused-ring (bicyclic) bond motifs is 1. The smallest absolute Gasteiger partial charge is 0.307 e. The molecule has 0 unspecified atom stereocenters. The number of halogens is 1. The molecule has 1 fully saturated rings. The Morgan fingerprint density at radius 1 is 1.13 bits per heavy atom. The molecular formula is C23H26ClN5O2. The number of carboxylic acid groups (broad SMARTS) is 1. The first kappa shape index (κ1) is 21.3. The molecule has 0 amide bonds. The summed E-state index contributed by atoms with van der Waals surface area (Å²) in [6, 6.07) is 8.55. The van der Waals surface area contributed by atoms with Crippen LogP contribution in [0.3, 0.4) is 0 Å². The largest absolute Gasteiger partial charge is 0.481 e. The minimum Gasteiger partial charge on any atom is -0.481 e. The van der Waals surface area contributed by atoms with Crippen LogP contribution in [-0.4, -0.2) is 38.6 Å². The van der Waals surface area contributed by atoms with Crippen LogP contribution in [0, 0.1) is 12.8 Å². The molecule has 0 saturated heterocycles. The second-order valence-corrected chi connectivity index (χ2v) is 8.57. The van der Waals surface area contributed by atoms with E-state index in [1.54, 1.807) is 12.4 Å². The SMILES string of the molecule is Cc1ccc2ccc(NC3CCC(CNc4ncc(CC(=O)O)cn4)CC3)nc2c1Cl. The number of pyridine rings is 1. The van der Waals surface area contributed by atoms with Gasteiger partial charge >= 0.3 is 5.97 Å². The minimum atomic E-state index is -0.883. The monoisotopic (exact) mass is 439 g/mol. The van der Waals surface area contributed by atoms with Crippen molar-refractivity contribution in [2.45, 2.75) is 45.1 Å². The molecule has 1 saturated carbocycles. The summed E-state index contributed by atoms with van der Waals surface area (Å²) in [5.74, 6) is 1.09. The van der Waals surface area contributed by atoms with Crippen molar-refractivity contribution >= 4 is 40.2 Å². The highest BCUT2D eigenvalue weighted by molar-refractivity contribution is 6.35. The molecule has 31 heavy (non-hydrogen) atoms. The summed E-state index contributed by atoms with van der Waals surface area (Å²) >= 11 is 6.44. The Bertz CT molecular complexity index is 1070. The molecule has 3 aromatic rings. The van der Waals surface area contributed by atoms with E-state index in [9.17, 15) is 4.79 Å². The van der Waals surface area contributed by atoms with Gasteiger partial charge < -0.3 is 15.7 Å². The third kappa shape index (κ3) is 5.41. The van der Waals surface area contributed by atoms with E-state index in [1.165, 1.54) is 0 Å². The fourth-order valence-corrected chi connectivity index (χ4v) is 4.22. The van der Waals surface area contributed by atoms with Crippen LogP contribution in [0.15, 0.2) is 36.7 Å². The predicted octanol–water partition coefficient (Wildman–Crippen LogP) is 4.70. The maximum Gasteiger partial charge on any atom is 0.307 e. The van der Waals surface area contributed by atoms with Gasteiger partial charge in [-0.15, -0.1) is 0 Å². The van der Waals surface area contributed by atoms with Crippen LogP contribution in [0.5, 0.6) is 0 Å². The molecule has 3 N–H and O–H groups in total. The number of carbonyl (C=O) groups is 1. The standard InChI is InChI=1S/C23H26ClN5O2/c1-14-2-5-17-6-9-19(29-22(17)21(14)24)28-18-7-3-15(4-8-18)11-25-23-26-12-16(13-27-23)10-20(30)31/h2,5-6,9,12-13,15,18H,3-4,7-8,10-11H2,1H3,(H,28,29)(H,30,31)(H,25,26,27). The Labute approximate surface area is 186 Å². The van der Waals surface area contributed by atoms with Crippen LogP contribution in [0.25, 0.3) is 10.9 Å². The first-order chi connectivity index (χ1) is 15.0. The Kier molecular flexibility index (Phi) is 6.51. The summed E-state index contributed by atoms with van der Waals surface area (Å²) in [6.07, 6.45) is 7.43. The number of carboxylic acids is 1. The van der Waals surface area contributed by atoms with Gasteiger partial charge in [0.15, 0.2) is 0 Å². The number of nitrogens with one attached hydrogen (secondary N) is 2. The molecule has 0 radical (unpaired) electrons. The molecule has 2 aromatic heterocycles. The minimum absolute atomic E-state index is 0.0603. The van der Waals surface area contributed by atoms with E-state index in [1.807, 2.05) is 19.1 Å². The lowest BCUT2D eigenvalue weighted by molar-refractivity contribution is -0.136. The van der Waals surface area contributed by atoms with Crippen molar-refractivity contribution in [3.8, 4) is 0 Å². The van der Waals surface area contributed by atoms with Gasteiger partial charge in [-0.3, -0.25) is 4.79 Å². The molecule has 8 heteroatoms. The molecule has 7 nitrogen and oxygen atoms in total. The van der Waals surface area contributed by atoms with Crippen LogP contribution >= 0.6 is 11.6 Å². The number of hydrogen-bond acceptors (Lipinski definition) is 6. The Balaban J connectivity index is 1.26. The molecule has 0 aliphatic heterocycles. The van der Waals surface area contributed by atoms with Gasteiger partial charge in [0.2, 0.25) is 5.95 Å². The maximum absolute atomic E-state index is 10.7. The van der Waals surface area contributed by atoms with E-state index in [2.05, 4.69) is 32.7 Å². The third-order valence-corrected chi connectivity index (χ3v) is 6.28. The number of anilines is 2. The molecule has 0 bridgehead atoms. The number of rotatable bonds is 7. The fourth-order valence-electron chi connectivity index (χ4n) is 4.00. The molecular weight excluding hydrogens is 414 g/mol. The summed E-state index contributed by atoms with van der Waals surface area (Å²) in [5, 5.41) is 17.4. The van der Waals surface area contributed by atoms with Crippen LogP contribution < -0.4 is 10.6 Å². The van der Waals surface area contributed by atoms with E-state index >= 15 is 0 Å². The number of aryl methyl sites for hydroxylation is 1. The summed E-state index contributed by atoms with van der Waals surface area (Å²) in [5.41, 5.74) is 2.48. The van der Waals surface area contributed by atoms with Crippen molar-refractivity contribution in [2.75, 3.05) is 17.2 Å². The quantitative estimate of drug-likeness (QED) is 0.490. The fraction of sp³-hybridized carbons (Fsp3) is 0.391. The third-order valence-electron chi connectivity index (χ3n) is 5.80. The van der Waals surface area contributed by atoms with Crippen molar-refractivity contribution in [2.24, 2.45) is 5.92 Å². The molecule has 0 spiro atoms. The van der Waals surface area contributed by atoms with E-state index in [-0.39, 0.29) is 6.42 Å². The van der Waals surface area contributed by atoms with E-state index in [0.29, 0.717) is 28.5 Å². The number of hydrogen-bond donors (Lipinski definition) is 3. The number of benzene rings is 1. The zero-order chi connectivity index (χ0) is 21.8. The lowest BCUT2D eigenvalue weighted by atomic mass is 9.86. The van der Waals surface area contributed by atoms with Gasteiger partial charge in [-0.05, 0) is 56.2 Å². The van der Waals surface area contributed by atoms with Crippen molar-refractivity contribution in [3.05, 3.63) is 52.8 Å². The summed E-state index contributed by atoms with van der Waals surface area (Å²) in [4.78, 5) is 23.9. The Morgan fingerprint density at radius 2 is 1.84 bits per heavy atom. The number of nitrogens with zero attached hydrogens (tertiary/aromatic N) is 3. The van der Waals surface area contributed by atoms with E-state index in [4.69, 9.17) is 21.7 Å². The lowest BCUT2D eigenvalue weighted by Crippen LogP contribution is -2.29. The summed E-state index contributed by atoms with van der Waals surface area (Å²) in [7, 11) is 0. The molecule has 2 heterocycles. The van der Waals surface area contributed by atoms with Crippen molar-refractivity contribution < 1.29 is 9.90 Å². The molecule has 1 aromatic carbocycles. The molecule has 162 valence electrons. The summed E-state index contributed by atoms with van der Waals surface area (Å²) < 4.78 is 0. The number of aliphatic carboxylic acids is 1. The summed E-state index contributed by atoms with van der Waals surface area (Å²) in [6.45, 7) is 2.81. The average Bonchev–Trinajstić information content (AvgIpc) is 2.77. The lowest BCUT2D eigenvalue weighted by Gasteiger charge is -2.29. The maximum atomic E-state index is 10.7. The highest BCUT2D eigenvalue weighted by Crippen LogP contribution is 2.29. The second-order valence-electron chi connectivity index (χ2n) is 8.19. The van der Waals surface area contributed by atoms with E-state index in [0.717, 1.165) is 54.5 Å². The zero-order valence-electron chi connectivity index (χ0n) is 17.4. The van der Waals surface area contributed by atoms with Gasteiger partial charge in [-0.2, -0.15) is 0 Å². The Morgan fingerprint density at radius 3 is 2.55 bits per heavy atom. The van der Waals surface area contributed by atoms with Gasteiger partial charge in [-0.1, -0.05) is 23.7 Å². The highest BCUT2D eigenvalue weighted by atomic mass is 35.5. The van der Waals surface area contributed by atoms with Gasteiger partial charge in [0, 0.05) is 35.9 Å². The van der Waals surface area contributed by atoms with Crippen LogP contribution in [0.2, 0.25) is 5.02 Å². The molecule has 0 atom stereocenters. The van der Waals surface area contributed by atoms with Crippen molar-refractivity contribution in [1.82, 2.24) is 15.0 Å². The average molecular weight is 440 g/mol. The van der Waals surface area contributed by atoms with Gasteiger partial charge in [0.1, 0.15) is 5.82 Å². The van der Waals surface area contributed by atoms with Crippen LogP contribution in [-0.2, 0) is 11.2 Å². The normalized spacial score (nSPS) is 18.6. The first-order valence-corrected chi connectivity index (χ1v) is 10.9. The predicted molar refractivity (Wildman–Crippen MR) is 123 cm³/mol. The highest BCUT2D eigenvalue weighted by Gasteiger charge is 2.21. The molecule has 1 aliphatic rings. The molecule has 1 aliphatic carbocycles. The van der Waals surface area contributed by atoms with Gasteiger partial charge in [-0.25, -0.2) is 15.0 Å². The van der Waals surface area contributed by atoms with Gasteiger partial charge in [0.05, 0.1) is 17.0 Å². The van der Waals surface area contributed by atoms with Crippen molar-refractivity contribution in [1.29, 1.82) is 0 Å². The number of aromatic nitrogens is 3. The van der Waals surface area contributed by atoms with Crippen molar-refractivity contribution in [3.63, 3.8) is 0 Å². The van der Waals surface area contributed by atoms with Crippen LogP contribution in [0.4, 0.5) is 11.8 Å². The first-order valence-electron chi connectivity index (χ1n) is 10.6. The van der Waals surface area contributed by atoms with E-state index < -0.39 is 5.97 Å². The Hall–Kier alpha value is -2.93. The van der Waals surface area contributed by atoms with Crippen LogP contribution in [0.1, 0.15) is 36.8 Å². The molecule has 4 rings (SSSR count). The second kappa shape index (κ2) is 9.47. The zero-order valence-corrected chi connectivity index (χ0v) is 18.2.